The Hall–Kier alpha value is -1.03. The minimum Gasteiger partial charge on any atom is -0.481 e. The maximum absolute atomic E-state index is 11.3. The first kappa shape index (κ1) is 13.4. The number of hydrogen-bond acceptors (Lipinski definition) is 3. The van der Waals surface area contributed by atoms with Gasteiger partial charge in [0.1, 0.15) is 0 Å². The van der Waals surface area contributed by atoms with Crippen molar-refractivity contribution in [2.24, 2.45) is 5.92 Å². The Bertz CT molecular complexity index is 396. The topological polar surface area (TPSA) is 50.2 Å². The summed E-state index contributed by atoms with van der Waals surface area (Å²) in [6, 6.07) is 5.90. The molecule has 1 aliphatic rings. The molecule has 18 heavy (non-hydrogen) atoms. The van der Waals surface area contributed by atoms with Gasteiger partial charge in [-0.3, -0.25) is 9.78 Å². The molecule has 1 aliphatic carbocycles. The number of hydrogen-bond donors (Lipinski definition) is 1. The molecular formula is C14H19NO2S. The number of thioether (sulfide) groups is 1. The maximum atomic E-state index is 11.3. The Labute approximate surface area is 112 Å². The van der Waals surface area contributed by atoms with Crippen molar-refractivity contribution in [3.8, 4) is 0 Å². The van der Waals surface area contributed by atoms with Crippen molar-refractivity contribution in [2.75, 3.05) is 0 Å². The van der Waals surface area contributed by atoms with Crippen molar-refractivity contribution in [3.05, 3.63) is 30.1 Å². The summed E-state index contributed by atoms with van der Waals surface area (Å²) in [5.74, 6) is -0.824. The fourth-order valence-electron chi connectivity index (χ4n) is 2.49. The van der Waals surface area contributed by atoms with E-state index in [1.807, 2.05) is 18.2 Å². The number of aliphatic carboxylic acids is 1. The molecule has 3 atom stereocenters. The third kappa shape index (κ3) is 3.25. The van der Waals surface area contributed by atoms with E-state index in [0.29, 0.717) is 0 Å². The fourth-order valence-corrected chi connectivity index (χ4v) is 4.04. The predicted molar refractivity (Wildman–Crippen MR) is 73.6 cm³/mol. The summed E-state index contributed by atoms with van der Waals surface area (Å²) in [7, 11) is 0. The minimum absolute atomic E-state index is 0.185. The SMILES string of the molecule is CC(SC1CCCCC1C(=O)O)c1ccccn1. The number of carboxylic acids is 1. The Kier molecular flexibility index (Phi) is 4.64. The molecule has 1 saturated carbocycles. The molecule has 3 unspecified atom stereocenters. The second kappa shape index (κ2) is 6.23. The van der Waals surface area contributed by atoms with Crippen molar-refractivity contribution >= 4 is 17.7 Å². The van der Waals surface area contributed by atoms with Gasteiger partial charge in [0.15, 0.2) is 0 Å². The van der Waals surface area contributed by atoms with Crippen LogP contribution in [-0.4, -0.2) is 21.3 Å². The van der Waals surface area contributed by atoms with Gasteiger partial charge in [-0.2, -0.15) is 0 Å². The summed E-state index contributed by atoms with van der Waals surface area (Å²) in [5.41, 5.74) is 1.04. The van der Waals surface area contributed by atoms with Gasteiger partial charge in [-0.05, 0) is 31.9 Å². The van der Waals surface area contributed by atoms with E-state index in [0.717, 1.165) is 31.4 Å². The maximum Gasteiger partial charge on any atom is 0.307 e. The van der Waals surface area contributed by atoms with E-state index in [2.05, 4.69) is 11.9 Å². The van der Waals surface area contributed by atoms with Gasteiger partial charge in [0.2, 0.25) is 0 Å². The average molecular weight is 265 g/mol. The molecule has 0 amide bonds. The predicted octanol–water partition coefficient (Wildman–Crippen LogP) is 3.52. The van der Waals surface area contributed by atoms with Crippen LogP contribution in [0.4, 0.5) is 0 Å². The Morgan fingerprint density at radius 2 is 2.22 bits per heavy atom. The average Bonchev–Trinajstić information content (AvgIpc) is 2.40. The van der Waals surface area contributed by atoms with Crippen molar-refractivity contribution < 1.29 is 9.90 Å². The first-order chi connectivity index (χ1) is 8.68. The second-order valence-electron chi connectivity index (χ2n) is 4.80. The van der Waals surface area contributed by atoms with Crippen molar-refractivity contribution in [2.45, 2.75) is 43.1 Å². The van der Waals surface area contributed by atoms with Crippen LogP contribution in [-0.2, 0) is 4.79 Å². The monoisotopic (exact) mass is 265 g/mol. The molecule has 98 valence electrons. The Morgan fingerprint density at radius 1 is 1.44 bits per heavy atom. The van der Waals surface area contributed by atoms with Gasteiger partial charge in [0, 0.05) is 16.7 Å². The highest BCUT2D eigenvalue weighted by molar-refractivity contribution is 8.00. The van der Waals surface area contributed by atoms with Crippen LogP contribution in [0.3, 0.4) is 0 Å². The smallest absolute Gasteiger partial charge is 0.307 e. The molecule has 0 saturated heterocycles. The lowest BCUT2D eigenvalue weighted by Crippen LogP contribution is -2.29. The molecule has 0 aromatic carbocycles. The lowest BCUT2D eigenvalue weighted by Gasteiger charge is -2.29. The van der Waals surface area contributed by atoms with E-state index >= 15 is 0 Å². The molecule has 2 rings (SSSR count). The number of pyridine rings is 1. The number of nitrogens with zero attached hydrogens (tertiary/aromatic N) is 1. The standard InChI is InChI=1S/C14H19NO2S/c1-10(12-7-4-5-9-15-12)18-13-8-3-2-6-11(13)14(16)17/h4-5,7,9-11,13H,2-3,6,8H2,1H3,(H,16,17). The Morgan fingerprint density at radius 3 is 2.89 bits per heavy atom. The van der Waals surface area contributed by atoms with E-state index in [4.69, 9.17) is 0 Å². The van der Waals surface area contributed by atoms with Gasteiger partial charge < -0.3 is 5.11 Å². The molecule has 1 aromatic rings. The molecule has 3 nitrogen and oxygen atoms in total. The van der Waals surface area contributed by atoms with Crippen molar-refractivity contribution in [1.29, 1.82) is 0 Å². The summed E-state index contributed by atoms with van der Waals surface area (Å²) in [6.45, 7) is 2.11. The van der Waals surface area contributed by atoms with E-state index < -0.39 is 5.97 Å². The van der Waals surface area contributed by atoms with Gasteiger partial charge in [0.05, 0.1) is 11.6 Å². The summed E-state index contributed by atoms with van der Waals surface area (Å²) in [5, 5.41) is 9.75. The highest BCUT2D eigenvalue weighted by Crippen LogP contribution is 2.40. The lowest BCUT2D eigenvalue weighted by atomic mass is 9.89. The van der Waals surface area contributed by atoms with Crippen LogP contribution in [0.1, 0.15) is 43.6 Å². The van der Waals surface area contributed by atoms with Crippen LogP contribution in [0, 0.1) is 5.92 Å². The molecule has 4 heteroatoms. The van der Waals surface area contributed by atoms with Crippen molar-refractivity contribution in [3.63, 3.8) is 0 Å². The summed E-state index contributed by atoms with van der Waals surface area (Å²) in [4.78, 5) is 15.6. The molecule has 1 aromatic heterocycles. The molecule has 0 aliphatic heterocycles. The van der Waals surface area contributed by atoms with Crippen LogP contribution in [0.15, 0.2) is 24.4 Å². The highest BCUT2D eigenvalue weighted by atomic mass is 32.2. The third-order valence-corrected chi connectivity index (χ3v) is 5.07. The van der Waals surface area contributed by atoms with Gasteiger partial charge in [-0.15, -0.1) is 11.8 Å². The van der Waals surface area contributed by atoms with Gasteiger partial charge in [-0.25, -0.2) is 0 Å². The van der Waals surface area contributed by atoms with E-state index in [9.17, 15) is 9.90 Å². The van der Waals surface area contributed by atoms with Crippen LogP contribution < -0.4 is 0 Å². The molecule has 1 fully saturated rings. The van der Waals surface area contributed by atoms with Crippen molar-refractivity contribution in [1.82, 2.24) is 4.98 Å². The van der Waals surface area contributed by atoms with Gasteiger partial charge in [0.25, 0.3) is 0 Å². The van der Waals surface area contributed by atoms with Crippen LogP contribution in [0.2, 0.25) is 0 Å². The number of carboxylic acid groups (broad SMARTS) is 1. The first-order valence-corrected chi connectivity index (χ1v) is 7.42. The number of rotatable bonds is 4. The molecule has 0 radical (unpaired) electrons. The number of carbonyl (C=O) groups is 1. The number of aromatic nitrogens is 1. The zero-order valence-electron chi connectivity index (χ0n) is 10.6. The van der Waals surface area contributed by atoms with Gasteiger partial charge in [-0.1, -0.05) is 18.9 Å². The zero-order chi connectivity index (χ0) is 13.0. The molecular weight excluding hydrogens is 246 g/mol. The normalized spacial score (nSPS) is 25.6. The third-order valence-electron chi connectivity index (χ3n) is 3.50. The minimum atomic E-state index is -0.638. The quantitative estimate of drug-likeness (QED) is 0.905. The molecule has 1 heterocycles. The second-order valence-corrected chi connectivity index (χ2v) is 6.39. The molecule has 1 N–H and O–H groups in total. The first-order valence-electron chi connectivity index (χ1n) is 6.47. The molecule has 0 spiro atoms. The van der Waals surface area contributed by atoms with E-state index in [1.165, 1.54) is 0 Å². The molecule has 0 bridgehead atoms. The summed E-state index contributed by atoms with van der Waals surface area (Å²) in [6.07, 6.45) is 5.82. The summed E-state index contributed by atoms with van der Waals surface area (Å²) < 4.78 is 0. The summed E-state index contributed by atoms with van der Waals surface area (Å²) >= 11 is 1.77. The lowest BCUT2D eigenvalue weighted by molar-refractivity contribution is -0.142. The highest BCUT2D eigenvalue weighted by Gasteiger charge is 2.32. The van der Waals surface area contributed by atoms with Gasteiger partial charge >= 0.3 is 5.97 Å². The van der Waals surface area contributed by atoms with E-state index in [-0.39, 0.29) is 16.4 Å². The van der Waals surface area contributed by atoms with Crippen LogP contribution >= 0.6 is 11.8 Å². The van der Waals surface area contributed by atoms with Crippen LogP contribution in [0.5, 0.6) is 0 Å². The fraction of sp³-hybridized carbons (Fsp3) is 0.571. The zero-order valence-corrected chi connectivity index (χ0v) is 11.4. The Balaban J connectivity index is 2.01. The largest absolute Gasteiger partial charge is 0.481 e. The van der Waals surface area contributed by atoms with E-state index in [1.54, 1.807) is 18.0 Å². The van der Waals surface area contributed by atoms with Crippen LogP contribution in [0.25, 0.3) is 0 Å².